The van der Waals surface area contributed by atoms with Gasteiger partial charge in [0.2, 0.25) is 21.8 Å². The molecule has 0 saturated heterocycles. The Balaban J connectivity index is 2.39. The first-order chi connectivity index (χ1) is 17.1. The van der Waals surface area contributed by atoms with E-state index in [0.29, 0.717) is 31.6 Å². The van der Waals surface area contributed by atoms with Crippen LogP contribution in [-0.2, 0) is 26.0 Å². The Kier molecular flexibility index (Phi) is 11.4. The molecule has 0 bridgehead atoms. The number of rotatable bonds is 14. The Morgan fingerprint density at radius 3 is 2.19 bits per heavy atom. The van der Waals surface area contributed by atoms with Crippen LogP contribution in [0.5, 0.6) is 0 Å². The molecule has 1 N–H and O–H groups in total. The zero-order valence-electron chi connectivity index (χ0n) is 22.2. The van der Waals surface area contributed by atoms with E-state index in [0.717, 1.165) is 30.2 Å². The maximum Gasteiger partial charge on any atom is 0.244 e. The quantitative estimate of drug-likeness (QED) is 0.379. The maximum atomic E-state index is 13.8. The molecule has 1 atom stereocenters. The van der Waals surface area contributed by atoms with Gasteiger partial charge in [0.25, 0.3) is 0 Å². The lowest BCUT2D eigenvalue weighted by Crippen LogP contribution is -2.53. The van der Waals surface area contributed by atoms with Gasteiger partial charge in [-0.1, -0.05) is 82.6 Å². The van der Waals surface area contributed by atoms with E-state index in [9.17, 15) is 18.0 Å². The van der Waals surface area contributed by atoms with E-state index < -0.39 is 22.0 Å². The molecule has 7 nitrogen and oxygen atoms in total. The van der Waals surface area contributed by atoms with Crippen molar-refractivity contribution in [2.75, 3.05) is 30.2 Å². The van der Waals surface area contributed by atoms with E-state index >= 15 is 0 Å². The first-order valence-electron chi connectivity index (χ1n) is 12.8. The van der Waals surface area contributed by atoms with Crippen LogP contribution in [0.25, 0.3) is 0 Å². The molecule has 0 aliphatic heterocycles. The van der Waals surface area contributed by atoms with Gasteiger partial charge in [0, 0.05) is 13.1 Å². The zero-order valence-corrected chi connectivity index (χ0v) is 23.1. The molecule has 0 aromatic heterocycles. The van der Waals surface area contributed by atoms with Crippen LogP contribution < -0.4 is 9.62 Å². The number of nitrogens with zero attached hydrogens (tertiary/aromatic N) is 2. The van der Waals surface area contributed by atoms with Crippen molar-refractivity contribution in [2.24, 2.45) is 0 Å². The lowest BCUT2D eigenvalue weighted by molar-refractivity contribution is -0.139. The minimum atomic E-state index is -3.75. The largest absolute Gasteiger partial charge is 0.354 e. The van der Waals surface area contributed by atoms with E-state index in [1.54, 1.807) is 17.0 Å². The molecule has 2 aromatic carbocycles. The van der Waals surface area contributed by atoms with Gasteiger partial charge in [0.05, 0.1) is 11.9 Å². The average molecular weight is 516 g/mol. The molecular weight excluding hydrogens is 474 g/mol. The van der Waals surface area contributed by atoms with Gasteiger partial charge in [0.15, 0.2) is 0 Å². The maximum absolute atomic E-state index is 13.8. The average Bonchev–Trinajstić information content (AvgIpc) is 2.84. The number of sulfonamides is 1. The number of anilines is 1. The van der Waals surface area contributed by atoms with Gasteiger partial charge >= 0.3 is 0 Å². The molecule has 198 valence electrons. The van der Waals surface area contributed by atoms with E-state index in [2.05, 4.69) is 5.32 Å². The van der Waals surface area contributed by atoms with Crippen molar-refractivity contribution in [3.63, 3.8) is 0 Å². The molecule has 2 aromatic rings. The number of benzene rings is 2. The van der Waals surface area contributed by atoms with Gasteiger partial charge in [-0.2, -0.15) is 0 Å². The van der Waals surface area contributed by atoms with E-state index in [1.165, 1.54) is 4.31 Å². The fourth-order valence-corrected chi connectivity index (χ4v) is 5.07. The van der Waals surface area contributed by atoms with Gasteiger partial charge < -0.3 is 10.2 Å². The number of hydrogen-bond donors (Lipinski definition) is 1. The molecule has 0 spiro atoms. The van der Waals surface area contributed by atoms with Crippen molar-refractivity contribution in [1.82, 2.24) is 10.2 Å². The minimum Gasteiger partial charge on any atom is -0.354 e. The smallest absolute Gasteiger partial charge is 0.244 e. The number of para-hydroxylation sites is 1. The Hall–Kier alpha value is -2.87. The first kappa shape index (κ1) is 29.4. The van der Waals surface area contributed by atoms with Crippen molar-refractivity contribution in [2.45, 2.75) is 65.3 Å². The summed E-state index contributed by atoms with van der Waals surface area (Å²) >= 11 is 0. The summed E-state index contributed by atoms with van der Waals surface area (Å²) in [5, 5.41) is 2.94. The Morgan fingerprint density at radius 2 is 1.61 bits per heavy atom. The Morgan fingerprint density at radius 1 is 0.972 bits per heavy atom. The molecule has 0 fully saturated rings. The van der Waals surface area contributed by atoms with Crippen LogP contribution in [0.1, 0.15) is 64.0 Å². The third-order valence-corrected chi connectivity index (χ3v) is 7.33. The number of hydrogen-bond acceptors (Lipinski definition) is 4. The minimum absolute atomic E-state index is 0.0717. The van der Waals surface area contributed by atoms with Crippen LogP contribution in [0.3, 0.4) is 0 Å². The molecular formula is C28H41N3O4S. The molecule has 8 heteroatoms. The van der Waals surface area contributed by atoms with Crippen molar-refractivity contribution in [3.8, 4) is 0 Å². The number of nitrogens with one attached hydrogen (secondary N) is 1. The second-order valence-corrected chi connectivity index (χ2v) is 11.3. The summed E-state index contributed by atoms with van der Waals surface area (Å²) in [6.45, 7) is 8.39. The third-order valence-electron chi connectivity index (χ3n) is 6.21. The Labute approximate surface area is 216 Å². The lowest BCUT2D eigenvalue weighted by Gasteiger charge is -2.33. The van der Waals surface area contributed by atoms with E-state index in [1.807, 2.05) is 70.2 Å². The monoisotopic (exact) mass is 515 g/mol. The van der Waals surface area contributed by atoms with Crippen molar-refractivity contribution in [3.05, 3.63) is 65.7 Å². The molecule has 1 unspecified atom stereocenters. The number of unbranched alkanes of at least 4 members (excludes halogenated alkanes) is 1. The van der Waals surface area contributed by atoms with Gasteiger partial charge in [-0.05, 0) is 42.4 Å². The first-order valence-corrected chi connectivity index (χ1v) is 14.6. The number of amides is 2. The van der Waals surface area contributed by atoms with E-state index in [-0.39, 0.29) is 18.4 Å². The predicted octanol–water partition coefficient (Wildman–Crippen LogP) is 4.34. The molecule has 2 amide bonds. The highest BCUT2D eigenvalue weighted by molar-refractivity contribution is 7.92. The van der Waals surface area contributed by atoms with E-state index in [4.69, 9.17) is 0 Å². The summed E-state index contributed by atoms with van der Waals surface area (Å²) in [5.74, 6) is -0.532. The standard InChI is InChI=1S/C28H41N3O4S/c1-6-8-19-29-28(33)25(7-2)30(20-18-23-14-10-9-11-15-23)27(32)21-31(36(5,34)35)26-17-13-12-16-24(26)22(3)4/h9-17,22,25H,6-8,18-21H2,1-5H3,(H,29,33). The number of carbonyl (C=O) groups excluding carboxylic acids is 2. The summed E-state index contributed by atoms with van der Waals surface area (Å²) in [4.78, 5) is 28.4. The van der Waals surface area contributed by atoms with Crippen LogP contribution in [0, 0.1) is 0 Å². The summed E-state index contributed by atoms with van der Waals surface area (Å²) in [7, 11) is -3.75. The number of carbonyl (C=O) groups is 2. The van der Waals surface area contributed by atoms with Crippen molar-refractivity contribution >= 4 is 27.5 Å². The summed E-state index contributed by atoms with van der Waals surface area (Å²) in [6, 6.07) is 16.3. The molecule has 0 radical (unpaired) electrons. The van der Waals surface area contributed by atoms with Crippen LogP contribution in [0.4, 0.5) is 5.69 Å². The van der Waals surface area contributed by atoms with Gasteiger partial charge in [-0.25, -0.2) is 8.42 Å². The molecule has 0 heterocycles. The molecule has 0 aliphatic carbocycles. The molecule has 36 heavy (non-hydrogen) atoms. The summed E-state index contributed by atoms with van der Waals surface area (Å²) in [5.41, 5.74) is 2.38. The predicted molar refractivity (Wildman–Crippen MR) is 147 cm³/mol. The highest BCUT2D eigenvalue weighted by Gasteiger charge is 2.32. The fourth-order valence-electron chi connectivity index (χ4n) is 4.20. The summed E-state index contributed by atoms with van der Waals surface area (Å²) in [6.07, 6.45) is 3.91. The van der Waals surface area contributed by atoms with Gasteiger partial charge in [-0.3, -0.25) is 13.9 Å². The van der Waals surface area contributed by atoms with Crippen LogP contribution >= 0.6 is 0 Å². The third kappa shape index (κ3) is 8.36. The highest BCUT2D eigenvalue weighted by Crippen LogP contribution is 2.29. The van der Waals surface area contributed by atoms with Gasteiger partial charge in [0.1, 0.15) is 12.6 Å². The molecule has 2 rings (SSSR count). The lowest BCUT2D eigenvalue weighted by atomic mass is 10.0. The second kappa shape index (κ2) is 14.0. The molecule has 0 aliphatic rings. The van der Waals surface area contributed by atoms with Crippen LogP contribution in [0.15, 0.2) is 54.6 Å². The fraction of sp³-hybridized carbons (Fsp3) is 0.500. The Bertz CT molecular complexity index is 1090. The van der Waals surface area contributed by atoms with Crippen LogP contribution in [0.2, 0.25) is 0 Å². The van der Waals surface area contributed by atoms with Crippen molar-refractivity contribution in [1.29, 1.82) is 0 Å². The molecule has 0 saturated carbocycles. The highest BCUT2D eigenvalue weighted by atomic mass is 32.2. The normalized spacial score (nSPS) is 12.3. The van der Waals surface area contributed by atoms with Crippen molar-refractivity contribution < 1.29 is 18.0 Å². The topological polar surface area (TPSA) is 86.8 Å². The van der Waals surface area contributed by atoms with Gasteiger partial charge in [-0.15, -0.1) is 0 Å². The van der Waals surface area contributed by atoms with Crippen LogP contribution in [-0.4, -0.2) is 57.1 Å². The SMILES string of the molecule is CCCCNC(=O)C(CC)N(CCc1ccccc1)C(=O)CN(c1ccccc1C(C)C)S(C)(=O)=O. The zero-order chi connectivity index (χ0) is 26.7. The summed E-state index contributed by atoms with van der Waals surface area (Å²) < 4.78 is 26.9. The second-order valence-electron chi connectivity index (χ2n) is 9.37.